The third kappa shape index (κ3) is 5.92. The zero-order valence-electron chi connectivity index (χ0n) is 22.0. The number of hydrogen-bond donors (Lipinski definition) is 1. The third-order valence-electron chi connectivity index (χ3n) is 8.15. The van der Waals surface area contributed by atoms with E-state index in [0.717, 1.165) is 24.0 Å². The molecule has 1 aliphatic carbocycles. The number of likely N-dealkylation sites (tertiary alicyclic amines) is 1. The van der Waals surface area contributed by atoms with Crippen LogP contribution in [0.2, 0.25) is 10.0 Å². The van der Waals surface area contributed by atoms with Crippen LogP contribution in [0.5, 0.6) is 0 Å². The Balaban J connectivity index is 1.69. The van der Waals surface area contributed by atoms with Crippen LogP contribution in [0.1, 0.15) is 55.7 Å². The lowest BCUT2D eigenvalue weighted by Gasteiger charge is -2.52. The second-order valence-corrected chi connectivity index (χ2v) is 14.1. The van der Waals surface area contributed by atoms with Gasteiger partial charge in [0, 0.05) is 22.0 Å². The number of carboxylic acid groups (broad SMARTS) is 1. The summed E-state index contributed by atoms with van der Waals surface area (Å²) in [5.74, 6) is -2.01. The summed E-state index contributed by atoms with van der Waals surface area (Å²) in [4.78, 5) is 28.4. The van der Waals surface area contributed by atoms with Crippen LogP contribution in [-0.4, -0.2) is 42.1 Å². The highest BCUT2D eigenvalue weighted by atomic mass is 35.5. The number of hydrogen-bond acceptors (Lipinski definition) is 4. The predicted molar refractivity (Wildman–Crippen MR) is 155 cm³/mol. The van der Waals surface area contributed by atoms with Crippen LogP contribution >= 0.6 is 23.2 Å². The molecule has 0 spiro atoms. The molecule has 1 amide bonds. The first-order valence-corrected chi connectivity index (χ1v) is 15.7. The molecule has 40 heavy (non-hydrogen) atoms. The number of carbonyl (C=O) groups excluding carboxylic acids is 1. The van der Waals surface area contributed by atoms with Crippen molar-refractivity contribution >= 4 is 44.9 Å². The van der Waals surface area contributed by atoms with Crippen molar-refractivity contribution in [3.63, 3.8) is 0 Å². The second kappa shape index (κ2) is 11.2. The van der Waals surface area contributed by atoms with Crippen molar-refractivity contribution in [2.75, 3.05) is 5.75 Å². The molecule has 0 aromatic heterocycles. The van der Waals surface area contributed by atoms with Crippen molar-refractivity contribution in [3.8, 4) is 0 Å². The summed E-state index contributed by atoms with van der Waals surface area (Å²) < 4.78 is 27.4. The molecule has 210 valence electrons. The monoisotopic (exact) mass is 599 g/mol. The smallest absolute Gasteiger partial charge is 0.304 e. The van der Waals surface area contributed by atoms with Crippen molar-refractivity contribution in [3.05, 3.63) is 100 Å². The van der Waals surface area contributed by atoms with E-state index in [9.17, 15) is 23.1 Å². The zero-order chi connectivity index (χ0) is 28.7. The van der Waals surface area contributed by atoms with Crippen LogP contribution in [0.25, 0.3) is 0 Å². The van der Waals surface area contributed by atoms with Gasteiger partial charge >= 0.3 is 5.97 Å². The molecule has 9 heteroatoms. The molecular weight excluding hydrogens is 569 g/mol. The topological polar surface area (TPSA) is 91.8 Å². The molecule has 5 rings (SSSR count). The minimum atomic E-state index is -3.75. The van der Waals surface area contributed by atoms with Gasteiger partial charge in [-0.2, -0.15) is 0 Å². The number of carbonyl (C=O) groups is 2. The van der Waals surface area contributed by atoms with Gasteiger partial charge in [0.15, 0.2) is 9.84 Å². The Hall–Kier alpha value is -2.87. The molecule has 0 radical (unpaired) electrons. The summed E-state index contributed by atoms with van der Waals surface area (Å²) in [7, 11) is -3.75. The van der Waals surface area contributed by atoms with E-state index in [0.29, 0.717) is 10.0 Å². The summed E-state index contributed by atoms with van der Waals surface area (Å²) in [5, 5.41) is 10.9. The van der Waals surface area contributed by atoms with Crippen molar-refractivity contribution in [1.82, 2.24) is 4.90 Å². The maximum absolute atomic E-state index is 14.5. The lowest BCUT2D eigenvalue weighted by atomic mass is 9.67. The minimum Gasteiger partial charge on any atom is -0.481 e. The summed E-state index contributed by atoms with van der Waals surface area (Å²) in [6, 6.07) is 21.7. The van der Waals surface area contributed by atoms with Crippen LogP contribution in [0.4, 0.5) is 0 Å². The molecule has 2 fully saturated rings. The molecule has 1 aliphatic heterocycles. The highest BCUT2D eigenvalue weighted by Gasteiger charge is 2.55. The lowest BCUT2D eigenvalue weighted by Crippen LogP contribution is -2.58. The second-order valence-electron chi connectivity index (χ2n) is 11.2. The van der Waals surface area contributed by atoms with Gasteiger partial charge in [0.05, 0.1) is 28.5 Å². The van der Waals surface area contributed by atoms with Gasteiger partial charge in [0.25, 0.3) is 0 Å². The van der Waals surface area contributed by atoms with Gasteiger partial charge < -0.3 is 10.0 Å². The Kier molecular flexibility index (Phi) is 8.01. The van der Waals surface area contributed by atoms with E-state index in [-0.39, 0.29) is 41.2 Å². The average molecular weight is 601 g/mol. The number of nitrogens with zero attached hydrogens (tertiary/aromatic N) is 1. The fourth-order valence-corrected chi connectivity index (χ4v) is 8.09. The van der Waals surface area contributed by atoms with E-state index in [4.69, 9.17) is 23.2 Å². The summed E-state index contributed by atoms with van der Waals surface area (Å²) in [5.41, 5.74) is 0.427. The molecule has 3 aromatic rings. The van der Waals surface area contributed by atoms with Gasteiger partial charge in [-0.25, -0.2) is 8.42 Å². The first kappa shape index (κ1) is 28.7. The first-order valence-electron chi connectivity index (χ1n) is 13.3. The van der Waals surface area contributed by atoms with E-state index >= 15 is 0 Å². The molecule has 1 saturated heterocycles. The van der Waals surface area contributed by atoms with Crippen molar-refractivity contribution in [2.45, 2.75) is 55.5 Å². The number of amides is 1. The molecule has 3 aromatic carbocycles. The van der Waals surface area contributed by atoms with Crippen molar-refractivity contribution in [1.29, 1.82) is 0 Å². The summed E-state index contributed by atoms with van der Waals surface area (Å²) in [6.07, 6.45) is 1.49. The summed E-state index contributed by atoms with van der Waals surface area (Å²) >= 11 is 12.6. The van der Waals surface area contributed by atoms with Gasteiger partial charge in [-0.05, 0) is 72.7 Å². The number of carboxylic acids is 1. The number of aliphatic carboxylic acids is 1. The average Bonchev–Trinajstić information content (AvgIpc) is 3.75. The Morgan fingerprint density at radius 3 is 2.25 bits per heavy atom. The molecule has 1 N–H and O–H groups in total. The minimum absolute atomic E-state index is 0.00979. The number of halogens is 2. The molecule has 2 aliphatic rings. The molecular formula is C31H31Cl2NO5S. The fourth-order valence-electron chi connectivity index (χ4n) is 6.12. The van der Waals surface area contributed by atoms with E-state index in [2.05, 4.69) is 0 Å². The first-order chi connectivity index (χ1) is 19.0. The Morgan fingerprint density at radius 1 is 0.975 bits per heavy atom. The third-order valence-corrected chi connectivity index (χ3v) is 10.4. The van der Waals surface area contributed by atoms with Gasteiger partial charge in [-0.3, -0.25) is 9.59 Å². The Morgan fingerprint density at radius 2 is 1.65 bits per heavy atom. The Labute approximate surface area is 244 Å². The molecule has 4 atom stereocenters. The van der Waals surface area contributed by atoms with Crippen molar-refractivity contribution < 1.29 is 23.1 Å². The lowest BCUT2D eigenvalue weighted by molar-refractivity contribution is -0.160. The van der Waals surface area contributed by atoms with E-state index in [1.54, 1.807) is 60.4 Å². The fraction of sp³-hybridized carbons (Fsp3) is 0.355. The number of benzene rings is 3. The highest BCUT2D eigenvalue weighted by molar-refractivity contribution is 7.91. The maximum atomic E-state index is 14.5. The number of sulfone groups is 1. The van der Waals surface area contributed by atoms with Gasteiger partial charge in [-0.15, -0.1) is 0 Å². The van der Waals surface area contributed by atoms with Crippen LogP contribution in [0, 0.1) is 11.3 Å². The summed E-state index contributed by atoms with van der Waals surface area (Å²) in [6.45, 7) is 1.68. The van der Waals surface area contributed by atoms with Crippen molar-refractivity contribution in [2.24, 2.45) is 11.3 Å². The van der Waals surface area contributed by atoms with Crippen LogP contribution in [0.15, 0.2) is 83.8 Å². The standard InChI is InChI=1S/C31H31Cl2NO5S/c1-31(18-28(35)36)17-26(22-6-5-7-24(33)16-22)29(21-12-14-23(32)15-13-21)34(30(31)37)27(20-10-11-20)19-40(38,39)25-8-3-2-4-9-25/h2-9,12-16,20,26-27,29H,10-11,17-19H2,1H3,(H,35,36)/t26-,27?,29-,31-/m1/s1. The van der Waals surface area contributed by atoms with Crippen LogP contribution in [0.3, 0.4) is 0 Å². The molecule has 1 saturated carbocycles. The normalized spacial score (nSPS) is 24.1. The Bertz CT molecular complexity index is 1510. The van der Waals surface area contributed by atoms with Gasteiger partial charge in [0.2, 0.25) is 5.91 Å². The maximum Gasteiger partial charge on any atom is 0.304 e. The van der Waals surface area contributed by atoms with Gasteiger partial charge in [-0.1, -0.05) is 72.6 Å². The highest BCUT2D eigenvalue weighted by Crippen LogP contribution is 2.54. The molecule has 1 heterocycles. The van der Waals surface area contributed by atoms with Crippen LogP contribution < -0.4 is 0 Å². The van der Waals surface area contributed by atoms with Gasteiger partial charge in [0.1, 0.15) is 0 Å². The van der Waals surface area contributed by atoms with Crippen LogP contribution in [-0.2, 0) is 19.4 Å². The number of piperidine rings is 1. The SMILES string of the molecule is C[C@]1(CC(=O)O)C[C@H](c2cccc(Cl)c2)[C@@H](c2ccc(Cl)cc2)N(C(CS(=O)(=O)c2ccccc2)C2CC2)C1=O. The molecule has 0 bridgehead atoms. The number of rotatable bonds is 9. The van der Waals surface area contributed by atoms with E-state index < -0.39 is 33.3 Å². The van der Waals surface area contributed by atoms with E-state index in [1.807, 2.05) is 30.3 Å². The largest absolute Gasteiger partial charge is 0.481 e. The quantitative estimate of drug-likeness (QED) is 0.292. The van der Waals surface area contributed by atoms with E-state index in [1.165, 1.54) is 0 Å². The zero-order valence-corrected chi connectivity index (χ0v) is 24.4. The predicted octanol–water partition coefficient (Wildman–Crippen LogP) is 6.78. The molecule has 1 unspecified atom stereocenters. The molecule has 6 nitrogen and oxygen atoms in total.